The van der Waals surface area contributed by atoms with Gasteiger partial charge in [-0.25, -0.2) is 0 Å². The lowest BCUT2D eigenvalue weighted by Gasteiger charge is -2.26. The predicted molar refractivity (Wildman–Crippen MR) is 93.3 cm³/mol. The van der Waals surface area contributed by atoms with Gasteiger partial charge in [0, 0.05) is 18.8 Å². The van der Waals surface area contributed by atoms with E-state index in [1.54, 1.807) is 6.92 Å². The molecule has 1 saturated heterocycles. The fourth-order valence-corrected chi connectivity index (χ4v) is 3.18. The Morgan fingerprint density at radius 1 is 1.29 bits per heavy atom. The molecule has 6 heteroatoms. The average Bonchev–Trinajstić information content (AvgIpc) is 2.84. The summed E-state index contributed by atoms with van der Waals surface area (Å²) in [6.07, 6.45) is 4.08. The Hall–Kier alpha value is -2.24. The number of anilines is 2. The van der Waals surface area contributed by atoms with Gasteiger partial charge in [-0.3, -0.25) is 9.59 Å². The van der Waals surface area contributed by atoms with Gasteiger partial charge in [0.05, 0.1) is 5.69 Å². The summed E-state index contributed by atoms with van der Waals surface area (Å²) in [5.74, 6) is 0.621. The highest BCUT2D eigenvalue weighted by atomic mass is 16.5. The Morgan fingerprint density at radius 3 is 2.71 bits per heavy atom. The third-order valence-electron chi connectivity index (χ3n) is 4.58. The Balaban J connectivity index is 1.66. The number of hydrogen-bond donors (Lipinski definition) is 2. The van der Waals surface area contributed by atoms with Gasteiger partial charge >= 0.3 is 0 Å². The van der Waals surface area contributed by atoms with Crippen LogP contribution in [-0.2, 0) is 9.59 Å². The number of rotatable bonds is 3. The molecule has 0 aliphatic carbocycles. The van der Waals surface area contributed by atoms with E-state index >= 15 is 0 Å². The first-order chi connectivity index (χ1) is 11.5. The van der Waals surface area contributed by atoms with E-state index in [4.69, 9.17) is 4.74 Å². The minimum absolute atomic E-state index is 0.128. The second-order valence-electron chi connectivity index (χ2n) is 6.57. The number of nitrogens with zero attached hydrogens (tertiary/aromatic N) is 1. The quantitative estimate of drug-likeness (QED) is 0.893. The molecule has 2 atom stereocenters. The van der Waals surface area contributed by atoms with Crippen LogP contribution in [0, 0.1) is 0 Å². The number of benzene rings is 1. The first kappa shape index (κ1) is 16.6. The molecule has 130 valence electrons. The third kappa shape index (κ3) is 3.63. The molecule has 0 radical (unpaired) electrons. The van der Waals surface area contributed by atoms with Crippen LogP contribution in [0.4, 0.5) is 11.4 Å². The van der Waals surface area contributed by atoms with Gasteiger partial charge in [-0.15, -0.1) is 0 Å². The van der Waals surface area contributed by atoms with Crippen molar-refractivity contribution in [2.24, 2.45) is 0 Å². The minimum atomic E-state index is -0.486. The molecule has 1 fully saturated rings. The van der Waals surface area contributed by atoms with Gasteiger partial charge in [0.25, 0.3) is 5.91 Å². The second kappa shape index (κ2) is 7.11. The van der Waals surface area contributed by atoms with Gasteiger partial charge in [-0.05, 0) is 44.9 Å². The van der Waals surface area contributed by atoms with Crippen LogP contribution >= 0.6 is 0 Å². The van der Waals surface area contributed by atoms with Gasteiger partial charge < -0.3 is 20.3 Å². The van der Waals surface area contributed by atoms with Crippen molar-refractivity contribution < 1.29 is 14.3 Å². The standard InChI is InChI=1S/C18H25N3O3/c1-12(18(23)21-9-5-3-4-6-10-21)19-14-7-8-16-15(11-14)20-17(22)13(2)24-16/h7-8,11-13,19H,3-6,9-10H2,1-2H3,(H,20,22)/t12-,13-/m1/s1. The van der Waals surface area contributed by atoms with Crippen molar-refractivity contribution in [1.82, 2.24) is 4.90 Å². The lowest BCUT2D eigenvalue weighted by Crippen LogP contribution is -2.41. The maximum absolute atomic E-state index is 12.6. The zero-order valence-electron chi connectivity index (χ0n) is 14.3. The fourth-order valence-electron chi connectivity index (χ4n) is 3.18. The number of amides is 2. The van der Waals surface area contributed by atoms with E-state index in [0.717, 1.165) is 31.6 Å². The van der Waals surface area contributed by atoms with Crippen LogP contribution in [0.2, 0.25) is 0 Å². The zero-order valence-corrected chi connectivity index (χ0v) is 14.3. The molecule has 24 heavy (non-hydrogen) atoms. The molecule has 0 aromatic heterocycles. The number of fused-ring (bicyclic) bond motifs is 1. The average molecular weight is 331 g/mol. The summed E-state index contributed by atoms with van der Waals surface area (Å²) < 4.78 is 5.55. The van der Waals surface area contributed by atoms with Crippen LogP contribution in [-0.4, -0.2) is 41.9 Å². The molecular weight excluding hydrogens is 306 g/mol. The third-order valence-corrected chi connectivity index (χ3v) is 4.58. The molecule has 2 amide bonds. The Kier molecular flexibility index (Phi) is 4.92. The van der Waals surface area contributed by atoms with Crippen LogP contribution in [0.5, 0.6) is 5.75 Å². The van der Waals surface area contributed by atoms with Gasteiger partial charge in [0.15, 0.2) is 6.10 Å². The van der Waals surface area contributed by atoms with Crippen molar-refractivity contribution in [3.63, 3.8) is 0 Å². The van der Waals surface area contributed by atoms with E-state index in [1.807, 2.05) is 30.0 Å². The number of hydrogen-bond acceptors (Lipinski definition) is 4. The molecule has 2 N–H and O–H groups in total. The van der Waals surface area contributed by atoms with E-state index in [0.29, 0.717) is 11.4 Å². The van der Waals surface area contributed by atoms with Crippen molar-refractivity contribution >= 4 is 23.2 Å². The molecule has 1 aromatic rings. The molecule has 2 aliphatic heterocycles. The lowest BCUT2D eigenvalue weighted by atomic mass is 10.2. The highest BCUT2D eigenvalue weighted by molar-refractivity contribution is 5.98. The van der Waals surface area contributed by atoms with Crippen LogP contribution in [0.25, 0.3) is 0 Å². The number of likely N-dealkylation sites (tertiary alicyclic amines) is 1. The second-order valence-corrected chi connectivity index (χ2v) is 6.57. The van der Waals surface area contributed by atoms with Crippen molar-refractivity contribution in [1.29, 1.82) is 0 Å². The van der Waals surface area contributed by atoms with E-state index in [-0.39, 0.29) is 17.9 Å². The van der Waals surface area contributed by atoms with Crippen LogP contribution < -0.4 is 15.4 Å². The number of carbonyl (C=O) groups is 2. The number of ether oxygens (including phenoxy) is 1. The number of carbonyl (C=O) groups excluding carboxylic acids is 2. The summed E-state index contributed by atoms with van der Waals surface area (Å²) in [6.45, 7) is 5.28. The SMILES string of the molecule is C[C@@H](Nc1ccc2c(c1)NC(=O)[C@@H](C)O2)C(=O)N1CCCCCC1. The van der Waals surface area contributed by atoms with Crippen LogP contribution in [0.3, 0.4) is 0 Å². The maximum atomic E-state index is 12.6. The molecule has 0 spiro atoms. The zero-order chi connectivity index (χ0) is 17.1. The van der Waals surface area contributed by atoms with Crippen LogP contribution in [0.1, 0.15) is 39.5 Å². The molecule has 1 aromatic carbocycles. The summed E-state index contributed by atoms with van der Waals surface area (Å²) in [4.78, 5) is 26.3. The van der Waals surface area contributed by atoms with Crippen molar-refractivity contribution in [2.75, 3.05) is 23.7 Å². The first-order valence-electron chi connectivity index (χ1n) is 8.71. The summed E-state index contributed by atoms with van der Waals surface area (Å²) >= 11 is 0. The molecular formula is C18H25N3O3. The van der Waals surface area contributed by atoms with E-state index in [1.165, 1.54) is 12.8 Å². The first-order valence-corrected chi connectivity index (χ1v) is 8.71. The maximum Gasteiger partial charge on any atom is 0.265 e. The van der Waals surface area contributed by atoms with Crippen molar-refractivity contribution in [2.45, 2.75) is 51.7 Å². The summed E-state index contributed by atoms with van der Waals surface area (Å²) in [5, 5.41) is 6.06. The van der Waals surface area contributed by atoms with Gasteiger partial charge in [0.1, 0.15) is 11.8 Å². The summed E-state index contributed by atoms with van der Waals surface area (Å²) in [6, 6.07) is 5.19. The summed E-state index contributed by atoms with van der Waals surface area (Å²) in [5.41, 5.74) is 1.43. The van der Waals surface area contributed by atoms with Crippen LogP contribution in [0.15, 0.2) is 18.2 Å². The molecule has 2 aliphatic rings. The van der Waals surface area contributed by atoms with Gasteiger partial charge in [0.2, 0.25) is 5.91 Å². The van der Waals surface area contributed by atoms with E-state index in [9.17, 15) is 9.59 Å². The Morgan fingerprint density at radius 2 is 2.00 bits per heavy atom. The molecule has 0 saturated carbocycles. The fraction of sp³-hybridized carbons (Fsp3) is 0.556. The monoisotopic (exact) mass is 331 g/mol. The smallest absolute Gasteiger partial charge is 0.265 e. The summed E-state index contributed by atoms with van der Waals surface area (Å²) in [7, 11) is 0. The Bertz CT molecular complexity index is 624. The lowest BCUT2D eigenvalue weighted by molar-refractivity contribution is -0.131. The highest BCUT2D eigenvalue weighted by Crippen LogP contribution is 2.32. The van der Waals surface area contributed by atoms with E-state index < -0.39 is 6.10 Å². The number of nitrogens with one attached hydrogen (secondary N) is 2. The van der Waals surface area contributed by atoms with E-state index in [2.05, 4.69) is 10.6 Å². The Labute approximate surface area is 142 Å². The highest BCUT2D eigenvalue weighted by Gasteiger charge is 2.25. The minimum Gasteiger partial charge on any atom is -0.479 e. The normalized spacial score (nSPS) is 21.8. The van der Waals surface area contributed by atoms with Gasteiger partial charge in [-0.2, -0.15) is 0 Å². The topological polar surface area (TPSA) is 70.7 Å². The molecule has 2 heterocycles. The van der Waals surface area contributed by atoms with Crippen molar-refractivity contribution in [3.8, 4) is 5.75 Å². The molecule has 3 rings (SSSR count). The largest absolute Gasteiger partial charge is 0.479 e. The molecule has 6 nitrogen and oxygen atoms in total. The predicted octanol–water partition coefficient (Wildman–Crippen LogP) is 2.61. The molecule has 0 bridgehead atoms. The molecule has 0 unspecified atom stereocenters. The van der Waals surface area contributed by atoms with Gasteiger partial charge in [-0.1, -0.05) is 12.8 Å². The van der Waals surface area contributed by atoms with Crippen molar-refractivity contribution in [3.05, 3.63) is 18.2 Å².